The third-order valence-corrected chi connectivity index (χ3v) is 2.36. The van der Waals surface area contributed by atoms with Crippen molar-refractivity contribution < 1.29 is 9.15 Å². The fraction of sp³-hybridized carbons (Fsp3) is 0.667. The summed E-state index contributed by atoms with van der Waals surface area (Å²) < 4.78 is 10.6. The van der Waals surface area contributed by atoms with E-state index in [9.17, 15) is 0 Å². The van der Waals surface area contributed by atoms with Crippen molar-refractivity contribution >= 4 is 0 Å². The average Bonchev–Trinajstić information content (AvgIpc) is 2.77. The van der Waals surface area contributed by atoms with Crippen LogP contribution in [0.5, 0.6) is 0 Å². The summed E-state index contributed by atoms with van der Waals surface area (Å²) in [6.45, 7) is 6.78. The van der Waals surface area contributed by atoms with Crippen LogP contribution >= 0.6 is 0 Å². The van der Waals surface area contributed by atoms with E-state index >= 15 is 0 Å². The van der Waals surface area contributed by atoms with Crippen molar-refractivity contribution in [2.24, 2.45) is 0 Å². The number of ether oxygens (including phenoxy) is 1. The van der Waals surface area contributed by atoms with Crippen molar-refractivity contribution in [3.8, 4) is 0 Å². The van der Waals surface area contributed by atoms with Crippen LogP contribution in [0.25, 0.3) is 0 Å². The number of hydrogen-bond donors (Lipinski definition) is 1. The highest BCUT2D eigenvalue weighted by atomic mass is 16.5. The van der Waals surface area contributed by atoms with Crippen LogP contribution in [0.1, 0.15) is 38.5 Å². The first kappa shape index (κ1) is 12.3. The lowest BCUT2D eigenvalue weighted by Gasteiger charge is -2.14. The summed E-state index contributed by atoms with van der Waals surface area (Å²) in [6.07, 6.45) is 3.81. The second-order valence-corrected chi connectivity index (χ2v) is 3.48. The Balaban J connectivity index is 2.18. The first-order valence-electron chi connectivity index (χ1n) is 5.73. The molecule has 0 saturated heterocycles. The predicted molar refractivity (Wildman–Crippen MR) is 60.9 cm³/mol. The van der Waals surface area contributed by atoms with Gasteiger partial charge in [-0.2, -0.15) is 0 Å². The van der Waals surface area contributed by atoms with E-state index in [-0.39, 0.29) is 0 Å². The van der Waals surface area contributed by atoms with Gasteiger partial charge in [-0.05, 0) is 38.4 Å². The van der Waals surface area contributed by atoms with Crippen LogP contribution in [-0.4, -0.2) is 19.8 Å². The van der Waals surface area contributed by atoms with E-state index in [4.69, 9.17) is 9.15 Å². The minimum atomic E-state index is 0.335. The van der Waals surface area contributed by atoms with Crippen LogP contribution in [0.15, 0.2) is 22.8 Å². The minimum absolute atomic E-state index is 0.335. The zero-order valence-electron chi connectivity index (χ0n) is 9.66. The molecule has 1 atom stereocenters. The molecule has 86 valence electrons. The van der Waals surface area contributed by atoms with Crippen LogP contribution < -0.4 is 5.32 Å². The summed E-state index contributed by atoms with van der Waals surface area (Å²) in [7, 11) is 0. The molecule has 1 aromatic rings. The highest BCUT2D eigenvalue weighted by Gasteiger charge is 2.10. The van der Waals surface area contributed by atoms with E-state index in [1.165, 1.54) is 0 Å². The van der Waals surface area contributed by atoms with E-state index < -0.39 is 0 Å². The van der Waals surface area contributed by atoms with Crippen molar-refractivity contribution in [1.82, 2.24) is 5.32 Å². The van der Waals surface area contributed by atoms with E-state index in [0.29, 0.717) is 6.04 Å². The fourth-order valence-corrected chi connectivity index (χ4v) is 1.53. The average molecular weight is 211 g/mol. The van der Waals surface area contributed by atoms with E-state index in [0.717, 1.165) is 38.4 Å². The molecule has 15 heavy (non-hydrogen) atoms. The quantitative estimate of drug-likeness (QED) is 0.671. The van der Waals surface area contributed by atoms with Crippen LogP contribution in [0.3, 0.4) is 0 Å². The van der Waals surface area contributed by atoms with Gasteiger partial charge in [0.15, 0.2) is 0 Å². The Kier molecular flexibility index (Phi) is 6.12. The van der Waals surface area contributed by atoms with Gasteiger partial charge in [-0.1, -0.05) is 6.92 Å². The second-order valence-electron chi connectivity index (χ2n) is 3.48. The molecule has 0 spiro atoms. The highest BCUT2D eigenvalue weighted by molar-refractivity contribution is 5.03. The molecule has 0 fully saturated rings. The molecule has 1 heterocycles. The van der Waals surface area contributed by atoms with Crippen LogP contribution in [0, 0.1) is 0 Å². The van der Waals surface area contributed by atoms with Gasteiger partial charge in [-0.3, -0.25) is 0 Å². The maximum Gasteiger partial charge on any atom is 0.120 e. The van der Waals surface area contributed by atoms with Crippen molar-refractivity contribution in [2.45, 2.75) is 32.7 Å². The number of hydrogen-bond acceptors (Lipinski definition) is 3. The summed E-state index contributed by atoms with van der Waals surface area (Å²) in [5.74, 6) is 1.02. The largest absolute Gasteiger partial charge is 0.468 e. The Morgan fingerprint density at radius 3 is 2.93 bits per heavy atom. The van der Waals surface area contributed by atoms with Gasteiger partial charge in [0.1, 0.15) is 5.76 Å². The van der Waals surface area contributed by atoms with Gasteiger partial charge in [0, 0.05) is 13.2 Å². The van der Waals surface area contributed by atoms with Crippen LogP contribution in [0.4, 0.5) is 0 Å². The monoisotopic (exact) mass is 211 g/mol. The second kappa shape index (κ2) is 7.49. The molecular formula is C12H21NO2. The molecule has 1 rings (SSSR count). The minimum Gasteiger partial charge on any atom is -0.468 e. The van der Waals surface area contributed by atoms with Crippen molar-refractivity contribution in [3.63, 3.8) is 0 Å². The molecule has 0 aromatic carbocycles. The van der Waals surface area contributed by atoms with Gasteiger partial charge >= 0.3 is 0 Å². The summed E-state index contributed by atoms with van der Waals surface area (Å²) >= 11 is 0. The molecule has 3 nitrogen and oxygen atoms in total. The van der Waals surface area contributed by atoms with E-state index in [2.05, 4.69) is 12.2 Å². The van der Waals surface area contributed by atoms with Crippen molar-refractivity contribution in [1.29, 1.82) is 0 Å². The third-order valence-electron chi connectivity index (χ3n) is 2.36. The molecule has 3 heteroatoms. The maximum absolute atomic E-state index is 5.37. The molecule has 0 aliphatic rings. The Morgan fingerprint density at radius 2 is 2.33 bits per heavy atom. The predicted octanol–water partition coefficient (Wildman–Crippen LogP) is 2.75. The lowest BCUT2D eigenvalue weighted by Crippen LogP contribution is -2.22. The molecule has 0 bridgehead atoms. The van der Waals surface area contributed by atoms with Gasteiger partial charge in [0.25, 0.3) is 0 Å². The summed E-state index contributed by atoms with van der Waals surface area (Å²) in [5.41, 5.74) is 0. The number of furan rings is 1. The molecule has 1 aromatic heterocycles. The van der Waals surface area contributed by atoms with E-state index in [1.54, 1.807) is 6.26 Å². The molecule has 0 aliphatic heterocycles. The molecule has 0 amide bonds. The Bertz CT molecular complexity index is 234. The highest BCUT2D eigenvalue weighted by Crippen LogP contribution is 2.16. The first-order valence-corrected chi connectivity index (χ1v) is 5.73. The standard InChI is InChI=1S/C12H21NO2/c1-3-11(12-7-5-10-15-12)13-8-6-9-14-4-2/h5,7,10-11,13H,3-4,6,8-9H2,1-2H3. The molecule has 0 saturated carbocycles. The maximum atomic E-state index is 5.37. The van der Waals surface area contributed by atoms with Gasteiger partial charge in [0.05, 0.1) is 12.3 Å². The SMILES string of the molecule is CCOCCCNC(CC)c1ccco1. The van der Waals surface area contributed by atoms with Gasteiger partial charge in [-0.15, -0.1) is 0 Å². The molecular weight excluding hydrogens is 190 g/mol. The van der Waals surface area contributed by atoms with Crippen LogP contribution in [-0.2, 0) is 4.74 Å². The Morgan fingerprint density at radius 1 is 1.47 bits per heavy atom. The molecule has 1 N–H and O–H groups in total. The molecule has 0 radical (unpaired) electrons. The summed E-state index contributed by atoms with van der Waals surface area (Å²) in [6, 6.07) is 4.28. The molecule has 0 aliphatic carbocycles. The number of rotatable bonds is 8. The Hall–Kier alpha value is -0.800. The Labute approximate surface area is 91.8 Å². The van der Waals surface area contributed by atoms with Gasteiger partial charge in [0.2, 0.25) is 0 Å². The first-order chi connectivity index (χ1) is 7.38. The summed E-state index contributed by atoms with van der Waals surface area (Å²) in [5, 5.41) is 3.46. The van der Waals surface area contributed by atoms with Crippen molar-refractivity contribution in [3.05, 3.63) is 24.2 Å². The normalized spacial score (nSPS) is 12.9. The van der Waals surface area contributed by atoms with Crippen molar-refractivity contribution in [2.75, 3.05) is 19.8 Å². The topological polar surface area (TPSA) is 34.4 Å². The lowest BCUT2D eigenvalue weighted by atomic mass is 10.1. The smallest absolute Gasteiger partial charge is 0.120 e. The molecule has 1 unspecified atom stereocenters. The zero-order chi connectivity index (χ0) is 10.9. The summed E-state index contributed by atoms with van der Waals surface area (Å²) in [4.78, 5) is 0. The lowest BCUT2D eigenvalue weighted by molar-refractivity contribution is 0.143. The fourth-order valence-electron chi connectivity index (χ4n) is 1.53. The van der Waals surface area contributed by atoms with E-state index in [1.807, 2.05) is 19.1 Å². The van der Waals surface area contributed by atoms with Crippen LogP contribution in [0.2, 0.25) is 0 Å². The number of nitrogens with one attached hydrogen (secondary N) is 1. The van der Waals surface area contributed by atoms with Gasteiger partial charge < -0.3 is 14.5 Å². The zero-order valence-corrected chi connectivity index (χ0v) is 9.66. The third kappa shape index (κ3) is 4.49. The van der Waals surface area contributed by atoms with Gasteiger partial charge in [-0.25, -0.2) is 0 Å².